The average molecular weight is 418 g/mol. The largest absolute Gasteiger partial charge is 0.478 e. The highest BCUT2D eigenvalue weighted by atomic mass is 35.5. The van der Waals surface area contributed by atoms with Crippen LogP contribution in [0.3, 0.4) is 0 Å². The standard InChI is InChI=1S/C18H15ClF3NO5/c1-10(17(24)25)5-11-3-4-13(27-9-26-2)7-15(11)28-16-14(19)6-12(8-23-16)18(20,21)22/h3-8H,9H2,1-2H3,(H,24,25)/b10-5+. The van der Waals surface area contributed by atoms with E-state index in [1.807, 2.05) is 0 Å². The number of carboxylic acids is 1. The number of ether oxygens (including phenoxy) is 3. The van der Waals surface area contributed by atoms with Gasteiger partial charge in [0.1, 0.15) is 16.5 Å². The molecule has 1 aromatic heterocycles. The zero-order valence-electron chi connectivity index (χ0n) is 14.7. The van der Waals surface area contributed by atoms with E-state index >= 15 is 0 Å². The van der Waals surface area contributed by atoms with E-state index in [9.17, 15) is 18.0 Å². The SMILES string of the molecule is COCOc1ccc(/C=C(\C)C(=O)O)c(Oc2ncc(C(F)(F)F)cc2Cl)c1. The topological polar surface area (TPSA) is 77.9 Å². The van der Waals surface area contributed by atoms with Crippen molar-refractivity contribution in [3.8, 4) is 17.4 Å². The van der Waals surface area contributed by atoms with Crippen LogP contribution >= 0.6 is 11.6 Å². The first-order chi connectivity index (χ1) is 13.1. The molecule has 0 bridgehead atoms. The van der Waals surface area contributed by atoms with Crippen molar-refractivity contribution in [1.82, 2.24) is 4.98 Å². The molecule has 10 heteroatoms. The number of nitrogens with zero attached hydrogens (tertiary/aromatic N) is 1. The zero-order valence-corrected chi connectivity index (χ0v) is 15.5. The normalized spacial score (nSPS) is 12.0. The van der Waals surface area contributed by atoms with Crippen molar-refractivity contribution in [3.63, 3.8) is 0 Å². The predicted octanol–water partition coefficient (Wildman–Crippen LogP) is 5.02. The van der Waals surface area contributed by atoms with Crippen molar-refractivity contribution < 1.29 is 37.3 Å². The third-order valence-corrected chi connectivity index (χ3v) is 3.65. The lowest BCUT2D eigenvalue weighted by molar-refractivity contribution is -0.138. The van der Waals surface area contributed by atoms with Gasteiger partial charge in [0, 0.05) is 30.5 Å². The van der Waals surface area contributed by atoms with Crippen molar-refractivity contribution in [2.24, 2.45) is 0 Å². The van der Waals surface area contributed by atoms with Crippen LogP contribution in [0.5, 0.6) is 17.4 Å². The number of hydrogen-bond donors (Lipinski definition) is 1. The summed E-state index contributed by atoms with van der Waals surface area (Å²) in [7, 11) is 1.43. The third-order valence-electron chi connectivity index (χ3n) is 3.38. The van der Waals surface area contributed by atoms with Gasteiger partial charge in [0.05, 0.1) is 5.56 Å². The van der Waals surface area contributed by atoms with E-state index in [1.54, 1.807) is 6.07 Å². The first-order valence-electron chi connectivity index (χ1n) is 7.69. The Morgan fingerprint density at radius 3 is 2.61 bits per heavy atom. The second-order valence-electron chi connectivity index (χ2n) is 5.49. The Bertz CT molecular complexity index is 899. The Balaban J connectivity index is 2.43. The van der Waals surface area contributed by atoms with Crippen molar-refractivity contribution in [1.29, 1.82) is 0 Å². The van der Waals surface area contributed by atoms with Crippen LogP contribution in [0.4, 0.5) is 13.2 Å². The molecule has 0 aliphatic rings. The zero-order chi connectivity index (χ0) is 20.9. The molecular formula is C18H15ClF3NO5. The lowest BCUT2D eigenvalue weighted by atomic mass is 10.1. The fourth-order valence-corrected chi connectivity index (χ4v) is 2.20. The highest BCUT2D eigenvalue weighted by Gasteiger charge is 2.31. The lowest BCUT2D eigenvalue weighted by Gasteiger charge is -2.13. The van der Waals surface area contributed by atoms with Crippen LogP contribution in [0, 0.1) is 0 Å². The van der Waals surface area contributed by atoms with Crippen molar-refractivity contribution in [3.05, 3.63) is 52.2 Å². The van der Waals surface area contributed by atoms with Gasteiger partial charge in [0.25, 0.3) is 0 Å². The van der Waals surface area contributed by atoms with Crippen LogP contribution in [0.1, 0.15) is 18.1 Å². The molecule has 1 N–H and O–H groups in total. The van der Waals surface area contributed by atoms with Crippen molar-refractivity contribution >= 4 is 23.6 Å². The van der Waals surface area contributed by atoms with E-state index in [-0.39, 0.29) is 29.0 Å². The molecule has 2 rings (SSSR count). The summed E-state index contributed by atoms with van der Waals surface area (Å²) in [6, 6.07) is 5.17. The summed E-state index contributed by atoms with van der Waals surface area (Å²) in [5.74, 6) is -1.01. The first kappa shape index (κ1) is 21.5. The number of aromatic nitrogens is 1. The van der Waals surface area contributed by atoms with Crippen LogP contribution in [-0.2, 0) is 15.7 Å². The molecule has 1 aromatic carbocycles. The molecule has 0 amide bonds. The molecule has 0 atom stereocenters. The fraction of sp³-hybridized carbons (Fsp3) is 0.222. The van der Waals surface area contributed by atoms with Gasteiger partial charge in [-0.3, -0.25) is 0 Å². The molecule has 0 saturated carbocycles. The molecule has 0 aliphatic carbocycles. The molecular weight excluding hydrogens is 403 g/mol. The number of aliphatic carboxylic acids is 1. The fourth-order valence-electron chi connectivity index (χ4n) is 1.99. The Morgan fingerprint density at radius 2 is 2.04 bits per heavy atom. The van der Waals surface area contributed by atoms with Crippen LogP contribution < -0.4 is 9.47 Å². The summed E-state index contributed by atoms with van der Waals surface area (Å²) >= 11 is 5.87. The van der Waals surface area contributed by atoms with Gasteiger partial charge in [-0.2, -0.15) is 13.2 Å². The number of benzene rings is 1. The molecule has 0 fully saturated rings. The molecule has 0 radical (unpaired) electrons. The number of hydrogen-bond acceptors (Lipinski definition) is 5. The van der Waals surface area contributed by atoms with Gasteiger partial charge in [0.15, 0.2) is 6.79 Å². The molecule has 6 nitrogen and oxygen atoms in total. The quantitative estimate of drug-likeness (QED) is 0.503. The second-order valence-corrected chi connectivity index (χ2v) is 5.90. The summed E-state index contributed by atoms with van der Waals surface area (Å²) in [5.41, 5.74) is -0.673. The van der Waals surface area contributed by atoms with Gasteiger partial charge >= 0.3 is 12.1 Å². The molecule has 0 spiro atoms. The van der Waals surface area contributed by atoms with E-state index in [0.29, 0.717) is 23.6 Å². The van der Waals surface area contributed by atoms with Crippen molar-refractivity contribution in [2.45, 2.75) is 13.1 Å². The summed E-state index contributed by atoms with van der Waals surface area (Å²) in [5, 5.41) is 8.70. The van der Waals surface area contributed by atoms with Gasteiger partial charge in [-0.15, -0.1) is 0 Å². The minimum atomic E-state index is -4.60. The predicted molar refractivity (Wildman–Crippen MR) is 94.6 cm³/mol. The van der Waals surface area contributed by atoms with Crippen LogP contribution in [-0.4, -0.2) is 30.0 Å². The summed E-state index contributed by atoms with van der Waals surface area (Å²) in [6.45, 7) is 1.33. The van der Waals surface area contributed by atoms with Gasteiger partial charge < -0.3 is 19.3 Å². The molecule has 150 valence electrons. The second kappa shape index (κ2) is 8.94. The summed E-state index contributed by atoms with van der Waals surface area (Å²) < 4.78 is 53.9. The minimum absolute atomic E-state index is 0.0156. The van der Waals surface area contributed by atoms with Gasteiger partial charge in [-0.25, -0.2) is 9.78 Å². The van der Waals surface area contributed by atoms with Gasteiger partial charge in [-0.1, -0.05) is 11.6 Å². The Hall–Kier alpha value is -2.78. The number of alkyl halides is 3. The lowest BCUT2D eigenvalue weighted by Crippen LogP contribution is -2.06. The number of rotatable bonds is 7. The van der Waals surface area contributed by atoms with E-state index in [4.69, 9.17) is 30.9 Å². The van der Waals surface area contributed by atoms with Gasteiger partial charge in [-0.05, 0) is 31.2 Å². The van der Waals surface area contributed by atoms with E-state index in [1.165, 1.54) is 32.2 Å². The Morgan fingerprint density at radius 1 is 1.32 bits per heavy atom. The molecule has 1 heterocycles. The molecule has 2 aromatic rings. The molecule has 0 aliphatic heterocycles. The van der Waals surface area contributed by atoms with E-state index < -0.39 is 17.7 Å². The monoisotopic (exact) mass is 417 g/mol. The smallest absolute Gasteiger partial charge is 0.417 e. The maximum absolute atomic E-state index is 12.7. The van der Waals surface area contributed by atoms with E-state index in [0.717, 1.165) is 0 Å². The molecule has 0 saturated heterocycles. The van der Waals surface area contributed by atoms with Crippen LogP contribution in [0.2, 0.25) is 5.02 Å². The highest BCUT2D eigenvalue weighted by Crippen LogP contribution is 2.36. The number of halogens is 4. The number of pyridine rings is 1. The minimum Gasteiger partial charge on any atom is -0.478 e. The Kier molecular flexibility index (Phi) is 6.87. The number of carbonyl (C=O) groups is 1. The number of carboxylic acid groups (broad SMARTS) is 1. The first-order valence-corrected chi connectivity index (χ1v) is 8.07. The molecule has 0 unspecified atom stereocenters. The molecule has 28 heavy (non-hydrogen) atoms. The van der Waals surface area contributed by atoms with Crippen molar-refractivity contribution in [2.75, 3.05) is 13.9 Å². The highest BCUT2D eigenvalue weighted by molar-refractivity contribution is 6.31. The maximum Gasteiger partial charge on any atom is 0.417 e. The van der Waals surface area contributed by atoms with Gasteiger partial charge in [0.2, 0.25) is 5.88 Å². The maximum atomic E-state index is 12.7. The van der Waals surface area contributed by atoms with E-state index in [2.05, 4.69) is 4.98 Å². The third kappa shape index (κ3) is 5.61. The van der Waals surface area contributed by atoms with Crippen LogP contribution in [0.25, 0.3) is 6.08 Å². The Labute approximate surface area is 163 Å². The number of methoxy groups -OCH3 is 1. The summed E-state index contributed by atoms with van der Waals surface area (Å²) in [4.78, 5) is 14.7. The summed E-state index contributed by atoms with van der Waals surface area (Å²) in [6.07, 6.45) is -2.68. The van der Waals surface area contributed by atoms with Crippen LogP contribution in [0.15, 0.2) is 36.0 Å². The average Bonchev–Trinajstić information content (AvgIpc) is 2.62.